The first kappa shape index (κ1) is 15.4. The molecule has 0 saturated carbocycles. The molecule has 1 aromatic carbocycles. The Morgan fingerprint density at radius 2 is 1.96 bits per heavy atom. The molecular formula is C18H15FN2OS. The molecule has 23 heavy (non-hydrogen) atoms. The molecule has 3 aromatic rings. The van der Waals surface area contributed by atoms with E-state index in [4.69, 9.17) is 0 Å². The normalized spacial score (nSPS) is 10.5. The van der Waals surface area contributed by atoms with Crippen LogP contribution in [0.25, 0.3) is 10.6 Å². The number of thiophene rings is 1. The number of aryl methyl sites for hydroxylation is 1. The van der Waals surface area contributed by atoms with Gasteiger partial charge in [-0.2, -0.15) is 0 Å². The minimum absolute atomic E-state index is 0.183. The average Bonchev–Trinajstić information content (AvgIpc) is 3.08. The number of hydrogen-bond acceptors (Lipinski definition) is 3. The smallest absolute Gasteiger partial charge is 0.253 e. The Balaban J connectivity index is 1.71. The summed E-state index contributed by atoms with van der Waals surface area (Å²) >= 11 is 1.61. The van der Waals surface area contributed by atoms with Crippen molar-refractivity contribution in [1.29, 1.82) is 0 Å². The molecule has 5 heteroatoms. The molecule has 0 aliphatic rings. The van der Waals surface area contributed by atoms with Crippen LogP contribution in [0.3, 0.4) is 0 Å². The largest absolute Gasteiger partial charge is 0.348 e. The van der Waals surface area contributed by atoms with E-state index in [2.05, 4.69) is 10.3 Å². The van der Waals surface area contributed by atoms with Crippen molar-refractivity contribution in [2.24, 2.45) is 0 Å². The van der Waals surface area contributed by atoms with Gasteiger partial charge in [0.15, 0.2) is 0 Å². The van der Waals surface area contributed by atoms with Crippen LogP contribution in [0.15, 0.2) is 53.9 Å². The Kier molecular flexibility index (Phi) is 4.48. The zero-order chi connectivity index (χ0) is 16.2. The van der Waals surface area contributed by atoms with Gasteiger partial charge in [-0.15, -0.1) is 11.3 Å². The number of benzene rings is 1. The molecule has 0 fully saturated rings. The van der Waals surface area contributed by atoms with Crippen molar-refractivity contribution >= 4 is 17.2 Å². The van der Waals surface area contributed by atoms with Crippen LogP contribution in [-0.4, -0.2) is 10.9 Å². The first-order valence-electron chi connectivity index (χ1n) is 7.17. The Morgan fingerprint density at radius 1 is 1.17 bits per heavy atom. The third kappa shape index (κ3) is 3.63. The highest BCUT2D eigenvalue weighted by molar-refractivity contribution is 7.13. The van der Waals surface area contributed by atoms with Crippen LogP contribution in [0.1, 0.15) is 21.6 Å². The SMILES string of the molecule is Cc1nc(-c2cccs2)ccc1C(=O)NCc1ccc(F)cc1. The summed E-state index contributed by atoms with van der Waals surface area (Å²) in [6, 6.07) is 13.7. The summed E-state index contributed by atoms with van der Waals surface area (Å²) in [6.45, 7) is 2.18. The molecule has 0 aliphatic carbocycles. The van der Waals surface area contributed by atoms with Gasteiger partial charge in [-0.25, -0.2) is 4.39 Å². The third-order valence-electron chi connectivity index (χ3n) is 3.47. The van der Waals surface area contributed by atoms with Gasteiger partial charge >= 0.3 is 0 Å². The van der Waals surface area contributed by atoms with Crippen LogP contribution in [0.2, 0.25) is 0 Å². The monoisotopic (exact) mass is 326 g/mol. The zero-order valence-electron chi connectivity index (χ0n) is 12.5. The predicted molar refractivity (Wildman–Crippen MR) is 89.9 cm³/mol. The second kappa shape index (κ2) is 6.71. The van der Waals surface area contributed by atoms with Gasteiger partial charge in [-0.1, -0.05) is 18.2 Å². The molecule has 3 rings (SSSR count). The Bertz CT molecular complexity index is 814. The van der Waals surface area contributed by atoms with Gasteiger partial charge in [0.1, 0.15) is 5.82 Å². The molecular weight excluding hydrogens is 311 g/mol. The lowest BCUT2D eigenvalue weighted by molar-refractivity contribution is 0.0950. The Morgan fingerprint density at radius 3 is 2.61 bits per heavy atom. The van der Waals surface area contributed by atoms with E-state index in [9.17, 15) is 9.18 Å². The second-order valence-corrected chi connectivity index (χ2v) is 6.06. The molecule has 0 saturated heterocycles. The van der Waals surface area contributed by atoms with Crippen molar-refractivity contribution in [2.45, 2.75) is 13.5 Å². The van der Waals surface area contributed by atoms with E-state index in [0.29, 0.717) is 17.8 Å². The fraction of sp³-hybridized carbons (Fsp3) is 0.111. The molecule has 3 nitrogen and oxygen atoms in total. The van der Waals surface area contributed by atoms with E-state index in [-0.39, 0.29) is 11.7 Å². The van der Waals surface area contributed by atoms with E-state index in [1.165, 1.54) is 12.1 Å². The van der Waals surface area contributed by atoms with E-state index >= 15 is 0 Å². The maximum Gasteiger partial charge on any atom is 0.253 e. The van der Waals surface area contributed by atoms with Gasteiger partial charge in [-0.05, 0) is 48.2 Å². The van der Waals surface area contributed by atoms with Gasteiger partial charge in [0.05, 0.1) is 21.8 Å². The Labute approximate surface area is 137 Å². The van der Waals surface area contributed by atoms with Crippen molar-refractivity contribution in [2.75, 3.05) is 0 Å². The molecule has 2 heterocycles. The van der Waals surface area contributed by atoms with Gasteiger partial charge in [0.2, 0.25) is 0 Å². The lowest BCUT2D eigenvalue weighted by atomic mass is 10.1. The summed E-state index contributed by atoms with van der Waals surface area (Å²) in [5.74, 6) is -0.471. The number of carbonyl (C=O) groups excluding carboxylic acids is 1. The molecule has 0 radical (unpaired) electrons. The first-order chi connectivity index (χ1) is 11.1. The fourth-order valence-corrected chi connectivity index (χ4v) is 2.94. The standard InChI is InChI=1S/C18H15FN2OS/c1-12-15(8-9-16(21-12)17-3-2-10-23-17)18(22)20-11-13-4-6-14(19)7-5-13/h2-10H,11H2,1H3,(H,20,22). The number of pyridine rings is 1. The number of nitrogens with one attached hydrogen (secondary N) is 1. The molecule has 0 bridgehead atoms. The highest BCUT2D eigenvalue weighted by atomic mass is 32.1. The lowest BCUT2D eigenvalue weighted by Crippen LogP contribution is -2.24. The molecule has 116 valence electrons. The quantitative estimate of drug-likeness (QED) is 0.781. The number of carbonyl (C=O) groups is 1. The van der Waals surface area contributed by atoms with Gasteiger partial charge in [0, 0.05) is 6.54 Å². The molecule has 0 spiro atoms. The first-order valence-corrected chi connectivity index (χ1v) is 8.05. The summed E-state index contributed by atoms with van der Waals surface area (Å²) in [5.41, 5.74) is 2.95. The molecule has 0 aliphatic heterocycles. The van der Waals surface area contributed by atoms with Crippen LogP contribution >= 0.6 is 11.3 Å². The topological polar surface area (TPSA) is 42.0 Å². The van der Waals surface area contributed by atoms with Crippen LogP contribution < -0.4 is 5.32 Å². The minimum Gasteiger partial charge on any atom is -0.348 e. The van der Waals surface area contributed by atoms with E-state index in [0.717, 1.165) is 16.1 Å². The maximum absolute atomic E-state index is 12.9. The van der Waals surface area contributed by atoms with Crippen molar-refractivity contribution < 1.29 is 9.18 Å². The van der Waals surface area contributed by atoms with Crippen molar-refractivity contribution in [3.63, 3.8) is 0 Å². The molecule has 1 amide bonds. The minimum atomic E-state index is -0.288. The summed E-state index contributed by atoms with van der Waals surface area (Å²) in [7, 11) is 0. The number of hydrogen-bond donors (Lipinski definition) is 1. The molecule has 2 aromatic heterocycles. The summed E-state index contributed by atoms with van der Waals surface area (Å²) in [4.78, 5) is 17.9. The van der Waals surface area contributed by atoms with Crippen LogP contribution in [-0.2, 0) is 6.54 Å². The summed E-state index contributed by atoms with van der Waals surface area (Å²) < 4.78 is 12.9. The second-order valence-electron chi connectivity index (χ2n) is 5.12. The van der Waals surface area contributed by atoms with E-state index in [1.807, 2.05) is 30.5 Å². The molecule has 0 atom stereocenters. The predicted octanol–water partition coefficient (Wildman–Crippen LogP) is 4.19. The van der Waals surface area contributed by atoms with E-state index < -0.39 is 0 Å². The highest BCUT2D eigenvalue weighted by Crippen LogP contribution is 2.23. The number of nitrogens with zero attached hydrogens (tertiary/aromatic N) is 1. The van der Waals surface area contributed by atoms with Gasteiger partial charge in [0.25, 0.3) is 5.91 Å². The lowest BCUT2D eigenvalue weighted by Gasteiger charge is -2.08. The number of amides is 1. The van der Waals surface area contributed by atoms with Crippen LogP contribution in [0, 0.1) is 12.7 Å². The Hall–Kier alpha value is -2.53. The average molecular weight is 326 g/mol. The number of halogens is 1. The van der Waals surface area contributed by atoms with Gasteiger partial charge < -0.3 is 5.32 Å². The maximum atomic E-state index is 12.9. The summed E-state index contributed by atoms with van der Waals surface area (Å²) in [6.07, 6.45) is 0. The number of aromatic nitrogens is 1. The van der Waals surface area contributed by atoms with Crippen molar-refractivity contribution in [1.82, 2.24) is 10.3 Å². The number of rotatable bonds is 4. The molecule has 1 N–H and O–H groups in total. The van der Waals surface area contributed by atoms with Gasteiger partial charge in [-0.3, -0.25) is 9.78 Å². The van der Waals surface area contributed by atoms with E-state index in [1.54, 1.807) is 29.5 Å². The fourth-order valence-electron chi connectivity index (χ4n) is 2.24. The zero-order valence-corrected chi connectivity index (χ0v) is 13.4. The van der Waals surface area contributed by atoms with Crippen LogP contribution in [0.4, 0.5) is 4.39 Å². The van der Waals surface area contributed by atoms with Crippen molar-refractivity contribution in [3.8, 4) is 10.6 Å². The van der Waals surface area contributed by atoms with Crippen molar-refractivity contribution in [3.05, 3.63) is 76.5 Å². The molecule has 0 unspecified atom stereocenters. The van der Waals surface area contributed by atoms with Crippen LogP contribution in [0.5, 0.6) is 0 Å². The highest BCUT2D eigenvalue weighted by Gasteiger charge is 2.11. The third-order valence-corrected chi connectivity index (χ3v) is 4.36. The summed E-state index contributed by atoms with van der Waals surface area (Å²) in [5, 5.41) is 4.83.